The molecule has 5 heteroatoms. The predicted molar refractivity (Wildman–Crippen MR) is 75.3 cm³/mol. The van der Waals surface area contributed by atoms with Crippen LogP contribution in [0.2, 0.25) is 0 Å². The van der Waals surface area contributed by atoms with Gasteiger partial charge in [-0.3, -0.25) is 9.78 Å². The van der Waals surface area contributed by atoms with E-state index in [2.05, 4.69) is 27.5 Å². The van der Waals surface area contributed by atoms with Crippen LogP contribution >= 0.6 is 15.9 Å². The Kier molecular flexibility index (Phi) is 3.76. The molecule has 0 amide bonds. The van der Waals surface area contributed by atoms with E-state index in [-0.39, 0.29) is 11.5 Å². The zero-order valence-corrected chi connectivity index (χ0v) is 11.7. The average Bonchev–Trinajstić information content (AvgIpc) is 2.41. The lowest BCUT2D eigenvalue weighted by atomic mass is 10.0. The minimum atomic E-state index is -0.580. The number of fused-ring (bicyclic) bond motifs is 1. The molecule has 2 aromatic rings. The number of halogens is 1. The summed E-state index contributed by atoms with van der Waals surface area (Å²) in [4.78, 5) is 27.1. The smallest absolute Gasteiger partial charge is 0.335 e. The summed E-state index contributed by atoms with van der Waals surface area (Å²) in [6, 6.07) is 5.11. The van der Waals surface area contributed by atoms with Gasteiger partial charge in [0.25, 0.3) is 0 Å². The Morgan fingerprint density at radius 3 is 2.84 bits per heavy atom. The van der Waals surface area contributed by atoms with Gasteiger partial charge in [-0.1, -0.05) is 12.6 Å². The molecular weight excluding hydrogens is 310 g/mol. The molecular formula is C14H10BrNO3. The SMILES string of the molecule is C=CC(=O)Oc1c(Br)cc(C(C)=O)c2cccnc12. The summed E-state index contributed by atoms with van der Waals surface area (Å²) >= 11 is 3.29. The van der Waals surface area contributed by atoms with Gasteiger partial charge in [-0.2, -0.15) is 0 Å². The number of ketones is 1. The van der Waals surface area contributed by atoms with E-state index in [1.807, 2.05) is 0 Å². The third-order valence-corrected chi connectivity index (χ3v) is 3.14. The maximum Gasteiger partial charge on any atom is 0.335 e. The molecule has 0 spiro atoms. The number of esters is 1. The molecule has 0 saturated heterocycles. The van der Waals surface area contributed by atoms with Crippen molar-refractivity contribution in [2.45, 2.75) is 6.92 Å². The first-order valence-electron chi connectivity index (χ1n) is 5.47. The van der Waals surface area contributed by atoms with Crippen molar-refractivity contribution in [3.63, 3.8) is 0 Å². The summed E-state index contributed by atoms with van der Waals surface area (Å²) in [7, 11) is 0. The van der Waals surface area contributed by atoms with Crippen LogP contribution in [0, 0.1) is 0 Å². The first kappa shape index (κ1) is 13.4. The summed E-state index contributed by atoms with van der Waals surface area (Å²) < 4.78 is 5.66. The van der Waals surface area contributed by atoms with Crippen LogP contribution in [0.5, 0.6) is 5.75 Å². The lowest BCUT2D eigenvalue weighted by molar-refractivity contribution is -0.128. The van der Waals surface area contributed by atoms with Gasteiger partial charge >= 0.3 is 5.97 Å². The molecule has 0 radical (unpaired) electrons. The average molecular weight is 320 g/mol. The van der Waals surface area contributed by atoms with Crippen molar-refractivity contribution in [3.8, 4) is 5.75 Å². The molecule has 0 aliphatic carbocycles. The van der Waals surface area contributed by atoms with Crippen molar-refractivity contribution in [2.75, 3.05) is 0 Å². The van der Waals surface area contributed by atoms with Crippen molar-refractivity contribution in [1.29, 1.82) is 0 Å². The number of aromatic nitrogens is 1. The Balaban J connectivity index is 2.75. The fourth-order valence-electron chi connectivity index (χ4n) is 1.72. The molecule has 2 rings (SSSR count). The molecule has 0 bridgehead atoms. The number of hydrogen-bond acceptors (Lipinski definition) is 4. The number of hydrogen-bond donors (Lipinski definition) is 0. The topological polar surface area (TPSA) is 56.3 Å². The van der Waals surface area contributed by atoms with Crippen molar-refractivity contribution in [3.05, 3.63) is 47.1 Å². The first-order valence-corrected chi connectivity index (χ1v) is 6.26. The van der Waals surface area contributed by atoms with Crippen LogP contribution in [0.3, 0.4) is 0 Å². The lowest BCUT2D eigenvalue weighted by Crippen LogP contribution is -2.06. The summed E-state index contributed by atoms with van der Waals surface area (Å²) in [6.45, 7) is 4.82. The van der Waals surface area contributed by atoms with E-state index in [1.165, 1.54) is 6.92 Å². The van der Waals surface area contributed by atoms with Gasteiger partial charge in [-0.05, 0) is 35.0 Å². The third-order valence-electron chi connectivity index (χ3n) is 2.55. The van der Waals surface area contributed by atoms with Gasteiger partial charge in [-0.15, -0.1) is 0 Å². The lowest BCUT2D eigenvalue weighted by Gasteiger charge is -2.10. The molecule has 1 aromatic heterocycles. The minimum absolute atomic E-state index is 0.0831. The maximum absolute atomic E-state index is 11.6. The summed E-state index contributed by atoms with van der Waals surface area (Å²) in [6.07, 6.45) is 2.64. The van der Waals surface area contributed by atoms with Crippen molar-refractivity contribution < 1.29 is 14.3 Å². The highest BCUT2D eigenvalue weighted by Crippen LogP contribution is 2.35. The second-order valence-corrected chi connectivity index (χ2v) is 4.67. The van der Waals surface area contributed by atoms with E-state index in [4.69, 9.17) is 4.74 Å². The van der Waals surface area contributed by atoms with Gasteiger partial charge < -0.3 is 4.74 Å². The molecule has 0 unspecified atom stereocenters. The molecule has 0 aliphatic heterocycles. The van der Waals surface area contributed by atoms with Gasteiger partial charge in [0.05, 0.1) is 4.47 Å². The molecule has 0 atom stereocenters. The van der Waals surface area contributed by atoms with E-state index in [9.17, 15) is 9.59 Å². The standard InChI is InChI=1S/C14H10BrNO3/c1-3-12(18)19-14-11(15)7-10(8(2)17)9-5-4-6-16-13(9)14/h3-7H,1H2,2H3. The maximum atomic E-state index is 11.6. The number of carbonyl (C=O) groups excluding carboxylic acids is 2. The highest BCUT2D eigenvalue weighted by Gasteiger charge is 2.16. The predicted octanol–water partition coefficient (Wildman–Crippen LogP) is 3.29. The fourth-order valence-corrected chi connectivity index (χ4v) is 2.21. The molecule has 1 heterocycles. The third kappa shape index (κ3) is 2.56. The molecule has 0 saturated carbocycles. The van der Waals surface area contributed by atoms with Gasteiger partial charge in [-0.25, -0.2) is 4.79 Å². The van der Waals surface area contributed by atoms with Gasteiger partial charge in [0, 0.05) is 23.2 Å². The van der Waals surface area contributed by atoms with Gasteiger partial charge in [0.15, 0.2) is 11.5 Å². The minimum Gasteiger partial charge on any atom is -0.420 e. The normalized spacial score (nSPS) is 10.2. The Labute approximate surface area is 118 Å². The van der Waals surface area contributed by atoms with Crippen LogP contribution in [-0.2, 0) is 4.79 Å². The van der Waals surface area contributed by atoms with Gasteiger partial charge in [0.2, 0.25) is 0 Å². The van der Waals surface area contributed by atoms with E-state index in [1.54, 1.807) is 24.4 Å². The first-order chi connectivity index (χ1) is 9.04. The second-order valence-electron chi connectivity index (χ2n) is 3.82. The van der Waals surface area contributed by atoms with Crippen LogP contribution in [0.1, 0.15) is 17.3 Å². The summed E-state index contributed by atoms with van der Waals surface area (Å²) in [5, 5.41) is 0.644. The summed E-state index contributed by atoms with van der Waals surface area (Å²) in [5.41, 5.74) is 0.977. The zero-order chi connectivity index (χ0) is 14.0. The van der Waals surface area contributed by atoms with E-state index in [0.717, 1.165) is 6.08 Å². The second kappa shape index (κ2) is 5.32. The Bertz CT molecular complexity index is 694. The number of rotatable bonds is 3. The van der Waals surface area contributed by atoms with Crippen molar-refractivity contribution in [2.24, 2.45) is 0 Å². The molecule has 4 nitrogen and oxygen atoms in total. The van der Waals surface area contributed by atoms with Crippen molar-refractivity contribution >= 4 is 38.6 Å². The number of ether oxygens (including phenoxy) is 1. The Morgan fingerprint density at radius 1 is 1.47 bits per heavy atom. The van der Waals surface area contributed by atoms with Crippen LogP contribution in [0.25, 0.3) is 10.9 Å². The van der Waals surface area contributed by atoms with Crippen LogP contribution in [-0.4, -0.2) is 16.7 Å². The number of carbonyl (C=O) groups is 2. The summed E-state index contributed by atoms with van der Waals surface area (Å²) in [5.74, 6) is -0.381. The van der Waals surface area contributed by atoms with Crippen LogP contribution < -0.4 is 4.74 Å². The van der Waals surface area contributed by atoms with Crippen LogP contribution in [0.4, 0.5) is 0 Å². The molecule has 96 valence electrons. The fraction of sp³-hybridized carbons (Fsp3) is 0.0714. The largest absolute Gasteiger partial charge is 0.420 e. The van der Waals surface area contributed by atoms with Gasteiger partial charge in [0.1, 0.15) is 5.52 Å². The number of Topliss-reactive ketones (excluding diaryl/α,β-unsaturated/α-hetero) is 1. The van der Waals surface area contributed by atoms with E-state index < -0.39 is 5.97 Å². The monoisotopic (exact) mass is 319 g/mol. The highest BCUT2D eigenvalue weighted by atomic mass is 79.9. The number of nitrogens with zero attached hydrogens (tertiary/aromatic N) is 1. The van der Waals surface area contributed by atoms with E-state index in [0.29, 0.717) is 20.9 Å². The quantitative estimate of drug-likeness (QED) is 0.377. The Morgan fingerprint density at radius 2 is 2.21 bits per heavy atom. The highest BCUT2D eigenvalue weighted by molar-refractivity contribution is 9.10. The van der Waals surface area contributed by atoms with Crippen LogP contribution in [0.15, 0.2) is 41.5 Å². The molecule has 19 heavy (non-hydrogen) atoms. The number of pyridine rings is 1. The molecule has 0 N–H and O–H groups in total. The zero-order valence-electron chi connectivity index (χ0n) is 10.1. The molecule has 0 fully saturated rings. The molecule has 1 aromatic carbocycles. The molecule has 0 aliphatic rings. The number of benzene rings is 1. The van der Waals surface area contributed by atoms with Crippen molar-refractivity contribution in [1.82, 2.24) is 4.98 Å². The van der Waals surface area contributed by atoms with E-state index >= 15 is 0 Å². The Hall–Kier alpha value is -2.01.